The largest absolute Gasteiger partial charge is 0.316 e. The van der Waals surface area contributed by atoms with Gasteiger partial charge in [0, 0.05) is 17.3 Å². The zero-order chi connectivity index (χ0) is 11.7. The SMILES string of the molecule is C=Cc1cn(-c2ccccc2)c2ccccc12. The number of hydrogen-bond acceptors (Lipinski definition) is 0. The Morgan fingerprint density at radius 2 is 1.59 bits per heavy atom. The molecule has 0 fully saturated rings. The third-order valence-electron chi connectivity index (χ3n) is 3.00. The molecule has 0 spiro atoms. The lowest BCUT2D eigenvalue weighted by Crippen LogP contribution is -1.90. The van der Waals surface area contributed by atoms with Gasteiger partial charge in [-0.2, -0.15) is 0 Å². The topological polar surface area (TPSA) is 4.93 Å². The zero-order valence-electron chi connectivity index (χ0n) is 9.51. The van der Waals surface area contributed by atoms with Gasteiger partial charge in [-0.1, -0.05) is 49.1 Å². The molecule has 1 nitrogen and oxygen atoms in total. The second-order valence-corrected chi connectivity index (χ2v) is 4.01. The van der Waals surface area contributed by atoms with Gasteiger partial charge in [-0.15, -0.1) is 0 Å². The summed E-state index contributed by atoms with van der Waals surface area (Å²) in [6, 6.07) is 18.7. The van der Waals surface area contributed by atoms with E-state index in [4.69, 9.17) is 0 Å². The summed E-state index contributed by atoms with van der Waals surface area (Å²) < 4.78 is 2.20. The highest BCUT2D eigenvalue weighted by Crippen LogP contribution is 2.25. The van der Waals surface area contributed by atoms with Crippen molar-refractivity contribution in [3.8, 4) is 5.69 Å². The van der Waals surface area contributed by atoms with Crippen LogP contribution < -0.4 is 0 Å². The van der Waals surface area contributed by atoms with E-state index in [2.05, 4.69) is 65.9 Å². The predicted molar refractivity (Wildman–Crippen MR) is 73.4 cm³/mol. The molecule has 0 aliphatic heterocycles. The predicted octanol–water partition coefficient (Wildman–Crippen LogP) is 4.27. The molecule has 0 bridgehead atoms. The number of benzene rings is 2. The maximum Gasteiger partial charge on any atom is 0.0534 e. The first kappa shape index (κ1) is 9.91. The van der Waals surface area contributed by atoms with E-state index >= 15 is 0 Å². The van der Waals surface area contributed by atoms with Crippen molar-refractivity contribution in [2.24, 2.45) is 0 Å². The Bertz CT molecular complexity index is 662. The second kappa shape index (κ2) is 3.95. The molecule has 0 radical (unpaired) electrons. The summed E-state index contributed by atoms with van der Waals surface area (Å²) in [7, 11) is 0. The Morgan fingerprint density at radius 3 is 2.35 bits per heavy atom. The van der Waals surface area contributed by atoms with E-state index in [0.29, 0.717) is 0 Å². The molecular weight excluding hydrogens is 206 g/mol. The zero-order valence-corrected chi connectivity index (χ0v) is 9.51. The number of para-hydroxylation sites is 2. The molecular formula is C16H13N. The smallest absolute Gasteiger partial charge is 0.0534 e. The van der Waals surface area contributed by atoms with E-state index in [-0.39, 0.29) is 0 Å². The van der Waals surface area contributed by atoms with E-state index < -0.39 is 0 Å². The lowest BCUT2D eigenvalue weighted by atomic mass is 10.2. The Kier molecular flexibility index (Phi) is 2.30. The lowest BCUT2D eigenvalue weighted by Gasteiger charge is -2.04. The van der Waals surface area contributed by atoms with Gasteiger partial charge in [0.25, 0.3) is 0 Å². The highest BCUT2D eigenvalue weighted by atomic mass is 15.0. The van der Waals surface area contributed by atoms with Crippen LogP contribution in [0.1, 0.15) is 5.56 Å². The van der Waals surface area contributed by atoms with Crippen LogP contribution in [0.5, 0.6) is 0 Å². The molecule has 0 unspecified atom stereocenters. The first-order valence-electron chi connectivity index (χ1n) is 5.68. The van der Waals surface area contributed by atoms with E-state index in [1.165, 1.54) is 22.2 Å². The lowest BCUT2D eigenvalue weighted by molar-refractivity contribution is 1.13. The third kappa shape index (κ3) is 1.56. The molecule has 0 aliphatic rings. The molecule has 3 aromatic rings. The van der Waals surface area contributed by atoms with Crippen LogP contribution >= 0.6 is 0 Å². The second-order valence-electron chi connectivity index (χ2n) is 4.01. The summed E-state index contributed by atoms with van der Waals surface area (Å²) in [5.74, 6) is 0. The first-order valence-corrected chi connectivity index (χ1v) is 5.68. The van der Waals surface area contributed by atoms with Crippen molar-refractivity contribution in [3.05, 3.63) is 72.9 Å². The molecule has 1 aromatic heterocycles. The number of fused-ring (bicyclic) bond motifs is 1. The van der Waals surface area contributed by atoms with E-state index in [9.17, 15) is 0 Å². The third-order valence-corrected chi connectivity index (χ3v) is 3.00. The van der Waals surface area contributed by atoms with Crippen LogP contribution in [0.15, 0.2) is 67.4 Å². The van der Waals surface area contributed by atoms with Gasteiger partial charge >= 0.3 is 0 Å². The minimum atomic E-state index is 1.17. The summed E-state index contributed by atoms with van der Waals surface area (Å²) in [6.45, 7) is 3.87. The molecule has 82 valence electrons. The van der Waals surface area contributed by atoms with Crippen LogP contribution in [0.4, 0.5) is 0 Å². The molecule has 1 heterocycles. The van der Waals surface area contributed by atoms with Crippen molar-refractivity contribution in [2.45, 2.75) is 0 Å². The minimum Gasteiger partial charge on any atom is -0.316 e. The van der Waals surface area contributed by atoms with Crippen molar-refractivity contribution in [2.75, 3.05) is 0 Å². The van der Waals surface area contributed by atoms with Gasteiger partial charge in [-0.3, -0.25) is 0 Å². The summed E-state index contributed by atoms with van der Waals surface area (Å²) >= 11 is 0. The van der Waals surface area contributed by atoms with Gasteiger partial charge in [-0.05, 0) is 23.8 Å². The van der Waals surface area contributed by atoms with Crippen LogP contribution in [0.3, 0.4) is 0 Å². The molecule has 17 heavy (non-hydrogen) atoms. The highest BCUT2D eigenvalue weighted by molar-refractivity contribution is 5.90. The summed E-state index contributed by atoms with van der Waals surface area (Å²) in [6.07, 6.45) is 4.04. The molecule has 3 rings (SSSR count). The minimum absolute atomic E-state index is 1.17. The van der Waals surface area contributed by atoms with E-state index in [0.717, 1.165) is 0 Å². The molecule has 0 saturated heterocycles. The van der Waals surface area contributed by atoms with Crippen LogP contribution in [-0.4, -0.2) is 4.57 Å². The fourth-order valence-corrected chi connectivity index (χ4v) is 2.17. The quantitative estimate of drug-likeness (QED) is 0.606. The fraction of sp³-hybridized carbons (Fsp3) is 0. The van der Waals surface area contributed by atoms with Crippen molar-refractivity contribution < 1.29 is 0 Å². The normalized spacial score (nSPS) is 10.6. The average molecular weight is 219 g/mol. The molecule has 0 saturated carbocycles. The molecule has 2 aromatic carbocycles. The Balaban J connectivity index is 2.34. The molecule has 1 heteroatoms. The number of aromatic nitrogens is 1. The van der Waals surface area contributed by atoms with Crippen LogP contribution in [0.2, 0.25) is 0 Å². The molecule has 0 aliphatic carbocycles. The van der Waals surface area contributed by atoms with Gasteiger partial charge in [0.15, 0.2) is 0 Å². The van der Waals surface area contributed by atoms with Crippen molar-refractivity contribution >= 4 is 17.0 Å². The number of nitrogens with zero attached hydrogens (tertiary/aromatic N) is 1. The van der Waals surface area contributed by atoms with Gasteiger partial charge in [0.2, 0.25) is 0 Å². The summed E-state index contributed by atoms with van der Waals surface area (Å²) in [5, 5.41) is 1.24. The van der Waals surface area contributed by atoms with Crippen molar-refractivity contribution in [3.63, 3.8) is 0 Å². The number of hydrogen-bond donors (Lipinski definition) is 0. The molecule has 0 atom stereocenters. The van der Waals surface area contributed by atoms with E-state index in [1.54, 1.807) is 0 Å². The Morgan fingerprint density at radius 1 is 0.882 bits per heavy atom. The van der Waals surface area contributed by atoms with Crippen LogP contribution in [-0.2, 0) is 0 Å². The first-order chi connectivity index (χ1) is 8.40. The van der Waals surface area contributed by atoms with E-state index in [1.807, 2.05) is 12.1 Å². The van der Waals surface area contributed by atoms with Crippen LogP contribution in [0, 0.1) is 0 Å². The summed E-state index contributed by atoms with van der Waals surface area (Å²) in [4.78, 5) is 0. The Hall–Kier alpha value is -2.28. The van der Waals surface area contributed by atoms with Crippen molar-refractivity contribution in [1.82, 2.24) is 4.57 Å². The summed E-state index contributed by atoms with van der Waals surface area (Å²) in [5.41, 5.74) is 3.56. The van der Waals surface area contributed by atoms with Gasteiger partial charge in [-0.25, -0.2) is 0 Å². The monoisotopic (exact) mass is 219 g/mol. The maximum absolute atomic E-state index is 3.87. The maximum atomic E-state index is 3.87. The highest BCUT2D eigenvalue weighted by Gasteiger charge is 2.06. The fourth-order valence-electron chi connectivity index (χ4n) is 2.17. The van der Waals surface area contributed by atoms with Crippen molar-refractivity contribution in [1.29, 1.82) is 0 Å². The molecule has 0 amide bonds. The Labute approximate surface area is 101 Å². The molecule has 0 N–H and O–H groups in total. The average Bonchev–Trinajstić information content (AvgIpc) is 2.78. The van der Waals surface area contributed by atoms with Gasteiger partial charge < -0.3 is 4.57 Å². The van der Waals surface area contributed by atoms with Gasteiger partial charge in [0.1, 0.15) is 0 Å². The van der Waals surface area contributed by atoms with Crippen LogP contribution in [0.25, 0.3) is 22.7 Å². The number of rotatable bonds is 2. The van der Waals surface area contributed by atoms with Gasteiger partial charge in [0.05, 0.1) is 5.52 Å². The standard InChI is InChI=1S/C16H13N/c1-2-13-12-17(14-8-4-3-5-9-14)16-11-7-6-10-15(13)16/h2-12H,1H2.